The number of carbonyl (C=O) groups excluding carboxylic acids is 1. The van der Waals surface area contributed by atoms with Gasteiger partial charge in [0.25, 0.3) is 0 Å². The molecule has 0 N–H and O–H groups in total. The molecule has 0 aromatic carbocycles. The highest BCUT2D eigenvalue weighted by Crippen LogP contribution is 2.30. The molecule has 0 aliphatic heterocycles. The van der Waals surface area contributed by atoms with Crippen molar-refractivity contribution >= 4 is 17.6 Å². The van der Waals surface area contributed by atoms with Crippen LogP contribution in [0.1, 0.15) is 53.9 Å². The molecule has 1 aromatic heterocycles. The molecule has 0 unspecified atom stereocenters. The van der Waals surface area contributed by atoms with Crippen LogP contribution >= 0.6 is 0 Å². The van der Waals surface area contributed by atoms with Gasteiger partial charge in [0.05, 0.1) is 12.2 Å². The molecule has 2 rings (SSSR count). The quantitative estimate of drug-likeness (QED) is 0.614. The maximum Gasteiger partial charge on any atom is 0.340 e. The predicted octanol–water partition coefficient (Wildman–Crippen LogP) is 4.20. The number of hydrogen-bond acceptors (Lipinski definition) is 3. The Labute approximate surface area is 126 Å². The minimum atomic E-state index is -0.332. The second kappa shape index (κ2) is 7.02. The van der Waals surface area contributed by atoms with Crippen molar-refractivity contribution in [2.75, 3.05) is 6.61 Å². The van der Waals surface area contributed by atoms with Crippen LogP contribution in [0.4, 0.5) is 0 Å². The van der Waals surface area contributed by atoms with Crippen LogP contribution in [-0.4, -0.2) is 17.6 Å². The Kier molecular flexibility index (Phi) is 5.09. The van der Waals surface area contributed by atoms with Gasteiger partial charge in [-0.25, -0.2) is 4.79 Å². The third-order valence-corrected chi connectivity index (χ3v) is 3.58. The Morgan fingerprint density at radius 1 is 1.52 bits per heavy atom. The molecule has 21 heavy (non-hydrogen) atoms. The summed E-state index contributed by atoms with van der Waals surface area (Å²) >= 11 is 0. The number of carbonyl (C=O) groups is 1. The molecule has 0 fully saturated rings. The fourth-order valence-electron chi connectivity index (χ4n) is 2.57. The monoisotopic (exact) mass is 283 g/mol. The molecule has 0 atom stereocenters. The van der Waals surface area contributed by atoms with E-state index in [0.29, 0.717) is 12.2 Å². The summed E-state index contributed by atoms with van der Waals surface area (Å²) in [4.78, 5) is 16.7. The summed E-state index contributed by atoms with van der Waals surface area (Å²) in [5.41, 5.74) is 4.38. The summed E-state index contributed by atoms with van der Waals surface area (Å²) < 4.78 is 5.17. The number of ether oxygens (including phenoxy) is 1. The van der Waals surface area contributed by atoms with Crippen LogP contribution in [0.15, 0.2) is 31.0 Å². The normalized spacial score (nSPS) is 14.3. The largest absolute Gasteiger partial charge is 0.462 e. The van der Waals surface area contributed by atoms with Gasteiger partial charge in [-0.3, -0.25) is 4.98 Å². The van der Waals surface area contributed by atoms with Crippen molar-refractivity contribution < 1.29 is 9.53 Å². The third-order valence-electron chi connectivity index (χ3n) is 3.58. The number of nitrogens with zero attached hydrogens (tertiary/aromatic N) is 1. The number of rotatable bonds is 4. The maximum absolute atomic E-state index is 12.2. The van der Waals surface area contributed by atoms with Crippen LogP contribution in [0.2, 0.25) is 0 Å². The third kappa shape index (κ3) is 3.13. The summed E-state index contributed by atoms with van der Waals surface area (Å²) in [6.07, 6.45) is 12.6. The van der Waals surface area contributed by atoms with Gasteiger partial charge in [0, 0.05) is 23.0 Å². The van der Waals surface area contributed by atoms with Gasteiger partial charge in [-0.05, 0) is 38.7 Å². The van der Waals surface area contributed by atoms with E-state index < -0.39 is 0 Å². The van der Waals surface area contributed by atoms with E-state index in [1.807, 2.05) is 13.0 Å². The predicted molar refractivity (Wildman–Crippen MR) is 86.0 cm³/mol. The zero-order valence-electron chi connectivity index (χ0n) is 12.7. The first kappa shape index (κ1) is 15.2. The highest BCUT2D eigenvalue weighted by atomic mass is 16.5. The number of aromatic nitrogens is 1. The van der Waals surface area contributed by atoms with Crippen molar-refractivity contribution in [3.63, 3.8) is 0 Å². The molecule has 1 aliphatic rings. The first-order valence-corrected chi connectivity index (χ1v) is 7.37. The number of aryl methyl sites for hydroxylation is 1. The van der Waals surface area contributed by atoms with Crippen molar-refractivity contribution in [3.05, 3.63) is 53.4 Å². The summed E-state index contributed by atoms with van der Waals surface area (Å²) in [5.74, 6) is -0.332. The van der Waals surface area contributed by atoms with Crippen molar-refractivity contribution in [2.24, 2.45) is 0 Å². The van der Waals surface area contributed by atoms with Crippen LogP contribution in [0.3, 0.4) is 0 Å². The summed E-state index contributed by atoms with van der Waals surface area (Å²) in [7, 11) is 0. The second-order valence-corrected chi connectivity index (χ2v) is 4.87. The van der Waals surface area contributed by atoms with E-state index >= 15 is 0 Å². The van der Waals surface area contributed by atoms with Crippen molar-refractivity contribution in [1.29, 1.82) is 0 Å². The Hall–Kier alpha value is -2.16. The van der Waals surface area contributed by atoms with E-state index in [9.17, 15) is 4.79 Å². The second-order valence-electron chi connectivity index (χ2n) is 4.87. The van der Waals surface area contributed by atoms with Crippen LogP contribution in [0.5, 0.6) is 0 Å². The van der Waals surface area contributed by atoms with Gasteiger partial charge in [0.1, 0.15) is 0 Å². The molecular weight excluding hydrogens is 262 g/mol. The molecule has 110 valence electrons. The van der Waals surface area contributed by atoms with Gasteiger partial charge in [-0.15, -0.1) is 0 Å². The lowest BCUT2D eigenvalue weighted by molar-refractivity contribution is 0.0525. The zero-order valence-corrected chi connectivity index (χ0v) is 12.7. The summed E-state index contributed by atoms with van der Waals surface area (Å²) in [5, 5.41) is 0. The van der Waals surface area contributed by atoms with Gasteiger partial charge < -0.3 is 4.74 Å². The molecule has 0 bridgehead atoms. The first-order chi connectivity index (χ1) is 10.2. The first-order valence-electron chi connectivity index (χ1n) is 7.37. The van der Waals surface area contributed by atoms with Gasteiger partial charge in [0.2, 0.25) is 0 Å². The molecule has 1 aliphatic carbocycles. The van der Waals surface area contributed by atoms with Crippen molar-refractivity contribution in [3.8, 4) is 0 Å². The van der Waals surface area contributed by atoms with Gasteiger partial charge in [0.15, 0.2) is 0 Å². The Morgan fingerprint density at radius 3 is 3.00 bits per heavy atom. The maximum atomic E-state index is 12.2. The molecule has 0 saturated heterocycles. The fraction of sp³-hybridized carbons (Fsp3) is 0.333. The lowest BCUT2D eigenvalue weighted by atomic mass is 9.93. The van der Waals surface area contributed by atoms with Crippen molar-refractivity contribution in [1.82, 2.24) is 4.98 Å². The Bertz CT molecular complexity index is 612. The topological polar surface area (TPSA) is 39.2 Å². The van der Waals surface area contributed by atoms with Crippen LogP contribution in [0, 0.1) is 0 Å². The van der Waals surface area contributed by atoms with E-state index in [4.69, 9.17) is 4.74 Å². The molecule has 1 aromatic rings. The molecule has 3 nitrogen and oxygen atoms in total. The van der Waals surface area contributed by atoms with Gasteiger partial charge in [-0.2, -0.15) is 0 Å². The highest BCUT2D eigenvalue weighted by Gasteiger charge is 2.21. The van der Waals surface area contributed by atoms with Crippen molar-refractivity contribution in [2.45, 2.75) is 33.1 Å². The smallest absolute Gasteiger partial charge is 0.340 e. The highest BCUT2D eigenvalue weighted by molar-refractivity contribution is 5.98. The average molecular weight is 283 g/mol. The molecule has 0 amide bonds. The lowest BCUT2D eigenvalue weighted by Gasteiger charge is -2.15. The molecule has 3 heteroatoms. The molecular formula is C18H21NO2. The number of pyridine rings is 1. The van der Waals surface area contributed by atoms with Crippen LogP contribution < -0.4 is 0 Å². The average Bonchev–Trinajstić information content (AvgIpc) is 2.74. The lowest BCUT2D eigenvalue weighted by Crippen LogP contribution is -2.11. The Morgan fingerprint density at radius 2 is 2.33 bits per heavy atom. The van der Waals surface area contributed by atoms with E-state index in [2.05, 4.69) is 23.7 Å². The van der Waals surface area contributed by atoms with Gasteiger partial charge >= 0.3 is 5.97 Å². The number of hydrogen-bond donors (Lipinski definition) is 0. The standard InChI is InChI=1S/C18H21NO2/c1-4-13(5-2)17-14-10-8-7-9-11-16(14)19-12-15(17)18(20)21-6-3/h4-5,8,10,12H,1,6-7,9,11H2,2-3H3/b13-5+. The van der Waals surface area contributed by atoms with E-state index in [1.165, 1.54) is 0 Å². The fourth-order valence-corrected chi connectivity index (χ4v) is 2.57. The van der Waals surface area contributed by atoms with Crippen LogP contribution in [-0.2, 0) is 11.2 Å². The van der Waals surface area contributed by atoms with E-state index in [1.54, 1.807) is 19.2 Å². The van der Waals surface area contributed by atoms with E-state index in [-0.39, 0.29) is 5.97 Å². The Balaban J connectivity index is 2.69. The van der Waals surface area contributed by atoms with Gasteiger partial charge in [-0.1, -0.05) is 30.9 Å². The molecule has 0 saturated carbocycles. The van der Waals surface area contributed by atoms with E-state index in [0.717, 1.165) is 41.7 Å². The zero-order chi connectivity index (χ0) is 15.2. The number of esters is 1. The number of allylic oxidation sites excluding steroid dienone is 4. The molecule has 1 heterocycles. The van der Waals surface area contributed by atoms with Crippen LogP contribution in [0.25, 0.3) is 11.6 Å². The SMILES string of the molecule is C=C/C(=C\C)c1c(C(=O)OCC)cnc2c1C=CCCC2. The minimum Gasteiger partial charge on any atom is -0.462 e. The summed E-state index contributed by atoms with van der Waals surface area (Å²) in [6, 6.07) is 0. The molecule has 0 spiro atoms. The molecule has 0 radical (unpaired) electrons. The number of fused-ring (bicyclic) bond motifs is 1. The minimum absolute atomic E-state index is 0.332. The summed E-state index contributed by atoms with van der Waals surface area (Å²) in [6.45, 7) is 7.96.